The van der Waals surface area contributed by atoms with Crippen LogP contribution in [0.4, 0.5) is 0 Å². The molecule has 0 saturated heterocycles. The van der Waals surface area contributed by atoms with Gasteiger partial charge >= 0.3 is 0 Å². The maximum absolute atomic E-state index is 4.72. The van der Waals surface area contributed by atoms with Crippen molar-refractivity contribution in [1.29, 1.82) is 0 Å². The normalized spacial score (nSPS) is 14.1. The van der Waals surface area contributed by atoms with Gasteiger partial charge in [-0.1, -0.05) is 91.0 Å². The van der Waals surface area contributed by atoms with Crippen molar-refractivity contribution in [3.05, 3.63) is 200 Å². The van der Waals surface area contributed by atoms with Crippen LogP contribution >= 0.6 is 0 Å². The second-order valence-electron chi connectivity index (χ2n) is 17.2. The van der Waals surface area contributed by atoms with Crippen molar-refractivity contribution >= 4 is 97.3 Å². The number of pyridine rings is 3. The molecular formula is C59H37N5. The summed E-state index contributed by atoms with van der Waals surface area (Å²) in [6.45, 7) is 1.56. The molecule has 2 aliphatic heterocycles. The third kappa shape index (κ3) is 4.92. The van der Waals surface area contributed by atoms with E-state index in [0.29, 0.717) is 0 Å². The Hall–Kier alpha value is -8.41. The van der Waals surface area contributed by atoms with Gasteiger partial charge in [0.2, 0.25) is 0 Å². The number of benzene rings is 7. The second kappa shape index (κ2) is 13.5. The van der Waals surface area contributed by atoms with E-state index in [1.165, 1.54) is 125 Å². The Morgan fingerprint density at radius 2 is 0.875 bits per heavy atom. The van der Waals surface area contributed by atoms with Gasteiger partial charge in [0.1, 0.15) is 0 Å². The molecule has 12 aromatic rings. The lowest BCUT2D eigenvalue weighted by Gasteiger charge is -2.18. The average molecular weight is 816 g/mol. The molecular weight excluding hydrogens is 779 g/mol. The molecule has 2 aliphatic rings. The maximum Gasteiger partial charge on any atom is 0.0401 e. The first-order chi connectivity index (χ1) is 31.8. The largest absolute Gasteiger partial charge is 0.387 e. The molecule has 9 aromatic carbocycles. The molecule has 64 heavy (non-hydrogen) atoms. The predicted molar refractivity (Wildman–Crippen MR) is 269 cm³/mol. The Morgan fingerprint density at radius 1 is 0.344 bits per heavy atom. The van der Waals surface area contributed by atoms with E-state index in [4.69, 9.17) is 9.97 Å². The number of hydrogen-bond acceptors (Lipinski definition) is 5. The van der Waals surface area contributed by atoms with Crippen LogP contribution in [0.5, 0.6) is 0 Å². The minimum Gasteiger partial charge on any atom is -0.387 e. The topological polar surface area (TPSA) is 62.7 Å². The summed E-state index contributed by atoms with van der Waals surface area (Å²) in [6.07, 6.45) is 24.4. The van der Waals surface area contributed by atoms with E-state index < -0.39 is 0 Å². The zero-order valence-electron chi connectivity index (χ0n) is 34.7. The van der Waals surface area contributed by atoms with Gasteiger partial charge in [-0.05, 0) is 186 Å². The zero-order chi connectivity index (χ0) is 41.9. The van der Waals surface area contributed by atoms with Crippen molar-refractivity contribution in [2.75, 3.05) is 13.1 Å². The van der Waals surface area contributed by atoms with Gasteiger partial charge in [0.15, 0.2) is 0 Å². The lowest BCUT2D eigenvalue weighted by atomic mass is 9.85. The van der Waals surface area contributed by atoms with Crippen molar-refractivity contribution in [3.63, 3.8) is 0 Å². The van der Waals surface area contributed by atoms with Crippen LogP contribution in [0, 0.1) is 0 Å². The molecule has 0 amide bonds. The molecule has 298 valence electrons. The number of dihydropyridines is 2. The molecule has 0 unspecified atom stereocenters. The molecule has 5 heteroatoms. The molecule has 0 atom stereocenters. The van der Waals surface area contributed by atoms with Gasteiger partial charge in [0.05, 0.1) is 0 Å². The molecule has 0 aliphatic carbocycles. The van der Waals surface area contributed by atoms with E-state index in [-0.39, 0.29) is 0 Å². The van der Waals surface area contributed by atoms with Gasteiger partial charge in [-0.2, -0.15) is 0 Å². The summed E-state index contributed by atoms with van der Waals surface area (Å²) in [6, 6.07) is 43.4. The summed E-state index contributed by atoms with van der Waals surface area (Å²) < 4.78 is 0. The Morgan fingerprint density at radius 3 is 1.48 bits per heavy atom. The van der Waals surface area contributed by atoms with E-state index in [2.05, 4.69) is 149 Å². The highest BCUT2D eigenvalue weighted by Gasteiger charge is 2.27. The van der Waals surface area contributed by atoms with Gasteiger partial charge in [0, 0.05) is 67.0 Å². The number of nitrogens with zero attached hydrogens (tertiary/aromatic N) is 3. The Labute approximate surface area is 368 Å². The van der Waals surface area contributed by atoms with Crippen molar-refractivity contribution in [2.45, 2.75) is 0 Å². The lowest BCUT2D eigenvalue weighted by molar-refractivity contribution is 0.986. The second-order valence-corrected chi connectivity index (χ2v) is 17.2. The van der Waals surface area contributed by atoms with Crippen LogP contribution in [0.15, 0.2) is 189 Å². The van der Waals surface area contributed by atoms with Crippen molar-refractivity contribution in [2.24, 2.45) is 0 Å². The molecule has 0 radical (unpaired) electrons. The molecule has 3 aromatic heterocycles. The van der Waals surface area contributed by atoms with E-state index in [0.717, 1.165) is 29.8 Å². The summed E-state index contributed by atoms with van der Waals surface area (Å²) in [4.78, 5) is 14.0. The van der Waals surface area contributed by atoms with Crippen LogP contribution < -0.4 is 10.6 Å². The molecule has 0 spiro atoms. The molecule has 0 bridgehead atoms. The Balaban J connectivity index is 1.19. The van der Waals surface area contributed by atoms with Crippen LogP contribution in [0.25, 0.3) is 131 Å². The minimum absolute atomic E-state index is 0.779. The molecule has 14 rings (SSSR count). The van der Waals surface area contributed by atoms with E-state index in [1.807, 2.05) is 55.6 Å². The van der Waals surface area contributed by atoms with Crippen molar-refractivity contribution < 1.29 is 0 Å². The molecule has 0 fully saturated rings. The van der Waals surface area contributed by atoms with Crippen LogP contribution in [-0.2, 0) is 0 Å². The lowest BCUT2D eigenvalue weighted by Crippen LogP contribution is -2.11. The number of hydrogen-bond donors (Lipinski definition) is 2. The van der Waals surface area contributed by atoms with Gasteiger partial charge < -0.3 is 10.6 Å². The SMILES string of the molecule is C1=CNCC(c2ccc3c(-c4cccnc4)c4c5cc6c(cc7c8c(-c9cccnc9)ccc(C9=CC=CNC9)c8c8cccc6c87)c6cccc(c4c(-c4cccnc4)c3c2)c65)=C1. The molecule has 5 nitrogen and oxygen atoms in total. The highest BCUT2D eigenvalue weighted by molar-refractivity contribution is 6.45. The highest BCUT2D eigenvalue weighted by Crippen LogP contribution is 2.54. The smallest absolute Gasteiger partial charge is 0.0401 e. The van der Waals surface area contributed by atoms with E-state index in [1.54, 1.807) is 0 Å². The summed E-state index contributed by atoms with van der Waals surface area (Å²) in [5.74, 6) is 0. The third-order valence-corrected chi connectivity index (χ3v) is 13.9. The van der Waals surface area contributed by atoms with Gasteiger partial charge in [0.25, 0.3) is 0 Å². The summed E-state index contributed by atoms with van der Waals surface area (Å²) >= 11 is 0. The van der Waals surface area contributed by atoms with Crippen LogP contribution in [0.1, 0.15) is 11.1 Å². The maximum atomic E-state index is 4.72. The monoisotopic (exact) mass is 815 g/mol. The van der Waals surface area contributed by atoms with Gasteiger partial charge in [-0.15, -0.1) is 0 Å². The molecule has 5 heterocycles. The predicted octanol–water partition coefficient (Wildman–Crippen LogP) is 14.0. The number of rotatable bonds is 5. The fourth-order valence-electron chi connectivity index (χ4n) is 11.3. The minimum atomic E-state index is 0.779. The molecule has 2 N–H and O–H groups in total. The Bertz CT molecular complexity index is 4040. The number of allylic oxidation sites excluding steroid dienone is 4. The quantitative estimate of drug-likeness (QED) is 0.169. The fourth-order valence-corrected chi connectivity index (χ4v) is 11.3. The first kappa shape index (κ1) is 35.2. The number of nitrogens with one attached hydrogen (secondary N) is 2. The van der Waals surface area contributed by atoms with Crippen LogP contribution in [0.2, 0.25) is 0 Å². The number of fused-ring (bicyclic) bond motifs is 10. The number of aromatic nitrogens is 3. The first-order valence-corrected chi connectivity index (χ1v) is 22.0. The van der Waals surface area contributed by atoms with Crippen LogP contribution in [0.3, 0.4) is 0 Å². The van der Waals surface area contributed by atoms with Crippen molar-refractivity contribution in [1.82, 2.24) is 25.6 Å². The van der Waals surface area contributed by atoms with Crippen molar-refractivity contribution in [3.8, 4) is 33.4 Å². The van der Waals surface area contributed by atoms with Crippen LogP contribution in [-0.4, -0.2) is 28.0 Å². The van der Waals surface area contributed by atoms with Gasteiger partial charge in [-0.25, -0.2) is 0 Å². The molecule has 0 saturated carbocycles. The van der Waals surface area contributed by atoms with Gasteiger partial charge in [-0.3, -0.25) is 15.0 Å². The standard InChI is InChI=1S/C59H37N5/c1-13-42-48-28-51-55-43(47(48)27-50-54(42)45(15-1)56-40(36-9-4-22-61-30-36)19-20-41(57(50)56)37-10-5-23-62-31-37)14-2-16-46(55)58-53(39-12-7-25-64-33-39)49-26-34(35-8-3-21-60-29-35)17-18-44(49)52(59(51)58)38-11-6-24-63-32-38/h1-28,31-33,60-61H,29-30H2. The third-order valence-electron chi connectivity index (χ3n) is 13.9. The summed E-state index contributed by atoms with van der Waals surface area (Å²) in [5.41, 5.74) is 11.9. The highest BCUT2D eigenvalue weighted by atomic mass is 14.8. The average Bonchev–Trinajstić information content (AvgIpc) is 3.88. The van der Waals surface area contributed by atoms with E-state index >= 15 is 0 Å². The summed E-state index contributed by atoms with van der Waals surface area (Å²) in [7, 11) is 0. The summed E-state index contributed by atoms with van der Waals surface area (Å²) in [5, 5.41) is 27.1. The fraction of sp³-hybridized carbons (Fsp3) is 0.0339. The van der Waals surface area contributed by atoms with E-state index in [9.17, 15) is 0 Å². The zero-order valence-corrected chi connectivity index (χ0v) is 34.7. The Kier molecular flexibility index (Phi) is 7.45. The first-order valence-electron chi connectivity index (χ1n) is 22.0.